The molecule has 5 rings (SSSR count). The lowest BCUT2D eigenvalue weighted by atomic mass is 9.99. The summed E-state index contributed by atoms with van der Waals surface area (Å²) in [5, 5.41) is 0.0404. The van der Waals surface area contributed by atoms with Gasteiger partial charge in [0.05, 0.1) is 21.8 Å². The van der Waals surface area contributed by atoms with Crippen LogP contribution in [0.25, 0.3) is 22.2 Å². The summed E-state index contributed by atoms with van der Waals surface area (Å²) < 4.78 is 64.8. The summed E-state index contributed by atoms with van der Waals surface area (Å²) in [6.45, 7) is 13.5. The first-order chi connectivity index (χ1) is 20.3. The number of nitrogens with two attached hydrogens (primary N) is 1. The number of hydrogen-bond acceptors (Lipinski definition) is 8. The van der Waals surface area contributed by atoms with Crippen LogP contribution in [-0.4, -0.2) is 83.2 Å². The first-order valence-electron chi connectivity index (χ1n) is 14.7. The van der Waals surface area contributed by atoms with Crippen LogP contribution in [0.5, 0.6) is 6.01 Å². The number of aryl methyl sites for hydroxylation is 1. The second-order valence-corrected chi connectivity index (χ2v) is 11.5. The molecule has 2 saturated heterocycles. The van der Waals surface area contributed by atoms with Gasteiger partial charge in [0.25, 0.3) is 0 Å². The summed E-state index contributed by atoms with van der Waals surface area (Å²) in [6.07, 6.45) is -2.83. The van der Waals surface area contributed by atoms with Crippen LogP contribution in [0, 0.1) is 12.7 Å². The van der Waals surface area contributed by atoms with Crippen molar-refractivity contribution in [3.8, 4) is 17.3 Å². The van der Waals surface area contributed by atoms with E-state index in [4.69, 9.17) is 22.1 Å². The predicted molar refractivity (Wildman–Crippen MR) is 163 cm³/mol. The van der Waals surface area contributed by atoms with Gasteiger partial charge in [-0.2, -0.15) is 23.1 Å². The molecule has 236 valence electrons. The molecule has 2 N–H and O–H groups in total. The second kappa shape index (κ2) is 13.4. The average Bonchev–Trinajstić information content (AvgIpc) is 3.36. The molecule has 0 radical (unpaired) electrons. The molecule has 0 unspecified atom stereocenters. The third-order valence-corrected chi connectivity index (χ3v) is 8.32. The van der Waals surface area contributed by atoms with Crippen LogP contribution in [-0.2, 0) is 6.18 Å². The van der Waals surface area contributed by atoms with Crippen molar-refractivity contribution < 1.29 is 22.3 Å². The minimum Gasteiger partial charge on any atom is -0.462 e. The number of alkyl halides is 3. The zero-order valence-electron chi connectivity index (χ0n) is 25.5. The Kier molecular flexibility index (Phi) is 10.2. The summed E-state index contributed by atoms with van der Waals surface area (Å²) in [6, 6.07) is 3.00. The lowest BCUT2D eigenvalue weighted by Gasteiger charge is -2.37. The molecule has 0 bridgehead atoms. The molecule has 0 spiro atoms. The lowest BCUT2D eigenvalue weighted by molar-refractivity contribution is -0.137. The molecule has 3 aromatic rings. The average molecular weight is 626 g/mol. The highest BCUT2D eigenvalue weighted by molar-refractivity contribution is 6.34. The van der Waals surface area contributed by atoms with E-state index >= 15 is 4.39 Å². The Labute approximate surface area is 255 Å². The van der Waals surface area contributed by atoms with Gasteiger partial charge in [-0.05, 0) is 64.9 Å². The van der Waals surface area contributed by atoms with Gasteiger partial charge in [0.1, 0.15) is 23.8 Å². The maximum atomic E-state index is 16.4. The number of likely N-dealkylation sites (tertiary alicyclic amines) is 1. The minimum absolute atomic E-state index is 0.0426. The van der Waals surface area contributed by atoms with E-state index in [0.717, 1.165) is 38.5 Å². The number of pyridine rings is 1. The molecule has 2 aliphatic rings. The fourth-order valence-corrected chi connectivity index (χ4v) is 6.01. The fraction of sp³-hybridized carbons (Fsp3) is 0.567. The monoisotopic (exact) mass is 625 g/mol. The molecule has 0 aliphatic carbocycles. The first-order valence-corrected chi connectivity index (χ1v) is 15.1. The molecule has 2 fully saturated rings. The van der Waals surface area contributed by atoms with E-state index in [9.17, 15) is 13.2 Å². The van der Waals surface area contributed by atoms with Crippen LogP contribution in [0.3, 0.4) is 0 Å². The van der Waals surface area contributed by atoms with Crippen LogP contribution in [0.2, 0.25) is 5.02 Å². The third kappa shape index (κ3) is 6.91. The molecule has 8 nitrogen and oxygen atoms in total. The van der Waals surface area contributed by atoms with Gasteiger partial charge in [-0.1, -0.05) is 25.4 Å². The van der Waals surface area contributed by atoms with Crippen molar-refractivity contribution in [2.45, 2.75) is 65.7 Å². The Morgan fingerprint density at radius 2 is 1.74 bits per heavy atom. The molecule has 2 aromatic heterocycles. The molecule has 1 aromatic carbocycles. The van der Waals surface area contributed by atoms with Gasteiger partial charge in [0.15, 0.2) is 5.82 Å². The summed E-state index contributed by atoms with van der Waals surface area (Å²) in [7, 11) is 2.01. The maximum absolute atomic E-state index is 16.4. The largest absolute Gasteiger partial charge is 0.462 e. The van der Waals surface area contributed by atoms with Crippen molar-refractivity contribution >= 4 is 34.1 Å². The molecule has 43 heavy (non-hydrogen) atoms. The first kappa shape index (κ1) is 32.9. The molecule has 13 heteroatoms. The summed E-state index contributed by atoms with van der Waals surface area (Å²) in [4.78, 5) is 19.4. The number of nitrogen functional groups attached to an aromatic ring is 1. The van der Waals surface area contributed by atoms with E-state index in [1.807, 2.05) is 25.8 Å². The maximum Gasteiger partial charge on any atom is 0.418 e. The van der Waals surface area contributed by atoms with Crippen molar-refractivity contribution in [1.29, 1.82) is 0 Å². The highest BCUT2D eigenvalue weighted by Gasteiger charge is 2.38. The number of halogens is 5. The van der Waals surface area contributed by atoms with Gasteiger partial charge >= 0.3 is 12.2 Å². The second-order valence-electron chi connectivity index (χ2n) is 11.1. The third-order valence-electron chi connectivity index (χ3n) is 8.02. The number of piperazine rings is 1. The SMILES string of the molecule is CC.Cc1cc(N)nc(-c2c(Cl)cc3c(N4CCN(C(C)C)CC4)nc(OC[C@@H]4CCCN4C)nc3c2F)c1C(F)(F)F. The number of benzene rings is 1. The summed E-state index contributed by atoms with van der Waals surface area (Å²) in [5.41, 5.74) is 3.13. The Hall–Kier alpha value is -2.96. The molecule has 4 heterocycles. The highest BCUT2D eigenvalue weighted by atomic mass is 35.5. The lowest BCUT2D eigenvalue weighted by Crippen LogP contribution is -2.49. The number of hydrogen-bond donors (Lipinski definition) is 1. The normalized spacial score (nSPS) is 18.3. The van der Waals surface area contributed by atoms with Crippen molar-refractivity contribution in [2.75, 3.05) is 57.0 Å². The van der Waals surface area contributed by atoms with Crippen molar-refractivity contribution in [2.24, 2.45) is 0 Å². The molecule has 1 atom stereocenters. The zero-order valence-corrected chi connectivity index (χ0v) is 26.3. The van der Waals surface area contributed by atoms with Gasteiger partial charge in [0, 0.05) is 43.6 Å². The Balaban J connectivity index is 0.00000207. The molecular formula is C30H40ClF4N7O. The summed E-state index contributed by atoms with van der Waals surface area (Å²) in [5.74, 6) is -0.798. The Bertz CT molecular complexity index is 1440. The quantitative estimate of drug-likeness (QED) is 0.314. The van der Waals surface area contributed by atoms with E-state index in [0.29, 0.717) is 31.6 Å². The number of nitrogens with zero attached hydrogens (tertiary/aromatic N) is 6. The molecule has 0 amide bonds. The minimum atomic E-state index is -4.82. The molecule has 2 aliphatic heterocycles. The van der Waals surface area contributed by atoms with E-state index in [1.54, 1.807) is 0 Å². The van der Waals surface area contributed by atoms with Crippen molar-refractivity contribution in [3.63, 3.8) is 0 Å². The number of ether oxygens (including phenoxy) is 1. The van der Waals surface area contributed by atoms with Crippen molar-refractivity contribution in [1.82, 2.24) is 24.8 Å². The van der Waals surface area contributed by atoms with E-state index in [2.05, 4.69) is 38.6 Å². The number of anilines is 2. The number of aromatic nitrogens is 3. The predicted octanol–water partition coefficient (Wildman–Crippen LogP) is 6.42. The number of fused-ring (bicyclic) bond motifs is 1. The summed E-state index contributed by atoms with van der Waals surface area (Å²) >= 11 is 6.54. The van der Waals surface area contributed by atoms with Gasteiger partial charge in [-0.3, -0.25) is 4.90 Å². The molecular weight excluding hydrogens is 586 g/mol. The topological polar surface area (TPSA) is 83.6 Å². The van der Waals surface area contributed by atoms with Crippen LogP contribution in [0.15, 0.2) is 12.1 Å². The van der Waals surface area contributed by atoms with Crippen LogP contribution >= 0.6 is 11.6 Å². The van der Waals surface area contributed by atoms with E-state index in [1.165, 1.54) is 13.0 Å². The van der Waals surface area contributed by atoms with E-state index < -0.39 is 28.8 Å². The fourth-order valence-electron chi connectivity index (χ4n) is 5.73. The molecule has 0 saturated carbocycles. The smallest absolute Gasteiger partial charge is 0.418 e. The Morgan fingerprint density at radius 1 is 1.07 bits per heavy atom. The standard InChI is InChI=1S/C28H34ClF4N7O.C2H6/c1-15(2)39-8-10-40(11-9-39)26-18-13-19(29)21(25-22(28(31,32)33)16(3)12-20(34)35-25)23(30)24(18)36-27(37-26)41-14-17-6-5-7-38(17)4;1-2/h12-13,15,17H,5-11,14H2,1-4H3,(H2,34,35);1-2H3/t17-;/m0./s1. The number of likely N-dealkylation sites (N-methyl/N-ethyl adjacent to an activating group) is 1. The van der Waals surface area contributed by atoms with Gasteiger partial charge < -0.3 is 20.3 Å². The van der Waals surface area contributed by atoms with Crippen LogP contribution in [0.4, 0.5) is 29.2 Å². The van der Waals surface area contributed by atoms with Crippen LogP contribution < -0.4 is 15.4 Å². The Morgan fingerprint density at radius 3 is 2.33 bits per heavy atom. The van der Waals surface area contributed by atoms with Crippen molar-refractivity contribution in [3.05, 3.63) is 34.1 Å². The van der Waals surface area contributed by atoms with Gasteiger partial charge in [-0.15, -0.1) is 0 Å². The zero-order chi connectivity index (χ0) is 31.6. The van der Waals surface area contributed by atoms with Crippen LogP contribution in [0.1, 0.15) is 51.7 Å². The van der Waals surface area contributed by atoms with E-state index in [-0.39, 0.29) is 39.4 Å². The van der Waals surface area contributed by atoms with Gasteiger partial charge in [-0.25, -0.2) is 9.37 Å². The number of rotatable bonds is 6. The highest BCUT2D eigenvalue weighted by Crippen LogP contribution is 2.44. The van der Waals surface area contributed by atoms with Gasteiger partial charge in [0.2, 0.25) is 0 Å².